The molecule has 1 heterocycles. The van der Waals surface area contributed by atoms with E-state index in [1.165, 1.54) is 6.26 Å². The Morgan fingerprint density at radius 2 is 2.00 bits per heavy atom. The number of anilines is 1. The van der Waals surface area contributed by atoms with Crippen LogP contribution in [0.2, 0.25) is 0 Å². The first-order valence-electron chi connectivity index (χ1n) is 6.04. The van der Waals surface area contributed by atoms with E-state index < -0.39 is 15.1 Å². The second kappa shape index (κ2) is 5.25. The van der Waals surface area contributed by atoms with Gasteiger partial charge in [-0.3, -0.25) is 4.79 Å². The van der Waals surface area contributed by atoms with Gasteiger partial charge < -0.3 is 5.32 Å². The molecular formula is C13H16BrNO3S. The maximum atomic E-state index is 11.6. The summed E-state index contributed by atoms with van der Waals surface area (Å²) in [7, 11) is -3.10. The van der Waals surface area contributed by atoms with Gasteiger partial charge in [0.1, 0.15) is 0 Å². The van der Waals surface area contributed by atoms with Crippen LogP contribution < -0.4 is 5.32 Å². The highest BCUT2D eigenvalue weighted by molar-refractivity contribution is 9.09. The molecule has 1 aliphatic rings. The summed E-state index contributed by atoms with van der Waals surface area (Å²) in [5, 5.41) is 2.32. The van der Waals surface area contributed by atoms with Gasteiger partial charge in [0.25, 0.3) is 0 Å². The van der Waals surface area contributed by atoms with Crippen LogP contribution in [0.3, 0.4) is 0 Å². The maximum absolute atomic E-state index is 11.6. The SMILES string of the molecule is CC(C(Br)c1ccc2c(c1)CCC(=O)N2)S(C)(=O)=O. The summed E-state index contributed by atoms with van der Waals surface area (Å²) >= 11 is 3.46. The number of alkyl halides is 1. The Morgan fingerprint density at radius 3 is 2.63 bits per heavy atom. The highest BCUT2D eigenvalue weighted by Gasteiger charge is 2.26. The van der Waals surface area contributed by atoms with Gasteiger partial charge in [-0.05, 0) is 30.5 Å². The number of amides is 1. The molecule has 1 N–H and O–H groups in total. The van der Waals surface area contributed by atoms with Crippen LogP contribution >= 0.6 is 15.9 Å². The number of carbonyl (C=O) groups is 1. The Hall–Kier alpha value is -0.880. The smallest absolute Gasteiger partial charge is 0.224 e. The van der Waals surface area contributed by atoms with E-state index in [2.05, 4.69) is 21.2 Å². The van der Waals surface area contributed by atoms with Crippen molar-refractivity contribution >= 4 is 37.4 Å². The third-order valence-corrected chi connectivity index (χ3v) is 6.73. The van der Waals surface area contributed by atoms with E-state index in [0.29, 0.717) is 12.8 Å². The number of aryl methyl sites for hydroxylation is 1. The molecule has 6 heteroatoms. The minimum atomic E-state index is -3.10. The van der Waals surface area contributed by atoms with Gasteiger partial charge in [0.2, 0.25) is 5.91 Å². The van der Waals surface area contributed by atoms with Gasteiger partial charge >= 0.3 is 0 Å². The van der Waals surface area contributed by atoms with Crippen LogP contribution in [0, 0.1) is 0 Å². The number of nitrogens with one attached hydrogen (secondary N) is 1. The fourth-order valence-corrected chi connectivity index (χ4v) is 4.12. The second-order valence-corrected chi connectivity index (χ2v) is 8.29. The highest BCUT2D eigenvalue weighted by Crippen LogP contribution is 2.33. The predicted octanol–water partition coefficient (Wildman–Crippen LogP) is 2.44. The first-order valence-corrected chi connectivity index (χ1v) is 8.91. The van der Waals surface area contributed by atoms with Gasteiger partial charge in [-0.1, -0.05) is 28.1 Å². The predicted molar refractivity (Wildman–Crippen MR) is 79.4 cm³/mol. The molecule has 0 spiro atoms. The molecule has 0 fully saturated rings. The lowest BCUT2D eigenvalue weighted by molar-refractivity contribution is -0.116. The summed E-state index contributed by atoms with van der Waals surface area (Å²) in [6.07, 6.45) is 2.41. The molecule has 1 aromatic rings. The standard InChI is InChI=1S/C13H16BrNO3S/c1-8(19(2,17)18)13(14)10-3-5-11-9(7-10)4-6-12(16)15-11/h3,5,7-8,13H,4,6H2,1-2H3,(H,15,16). The van der Waals surface area contributed by atoms with Crippen LogP contribution in [0.5, 0.6) is 0 Å². The van der Waals surface area contributed by atoms with Crippen LogP contribution in [-0.2, 0) is 21.1 Å². The number of hydrogen-bond acceptors (Lipinski definition) is 3. The van der Waals surface area contributed by atoms with Crippen molar-refractivity contribution in [2.24, 2.45) is 0 Å². The fraction of sp³-hybridized carbons (Fsp3) is 0.462. The molecule has 4 nitrogen and oxygen atoms in total. The minimum Gasteiger partial charge on any atom is -0.326 e. The molecule has 0 saturated carbocycles. The van der Waals surface area contributed by atoms with Crippen molar-refractivity contribution in [3.05, 3.63) is 29.3 Å². The molecule has 0 aromatic heterocycles. The first kappa shape index (κ1) is 14.5. The zero-order valence-electron chi connectivity index (χ0n) is 10.8. The molecule has 2 atom stereocenters. The van der Waals surface area contributed by atoms with E-state index in [9.17, 15) is 13.2 Å². The number of sulfone groups is 1. The molecule has 0 bridgehead atoms. The fourth-order valence-electron chi connectivity index (χ4n) is 2.06. The van der Waals surface area contributed by atoms with Crippen molar-refractivity contribution in [3.8, 4) is 0 Å². The molecule has 0 aliphatic carbocycles. The highest BCUT2D eigenvalue weighted by atomic mass is 79.9. The van der Waals surface area contributed by atoms with Crippen molar-refractivity contribution in [2.45, 2.75) is 29.8 Å². The van der Waals surface area contributed by atoms with E-state index in [4.69, 9.17) is 0 Å². The van der Waals surface area contributed by atoms with Crippen molar-refractivity contribution in [3.63, 3.8) is 0 Å². The largest absolute Gasteiger partial charge is 0.326 e. The lowest BCUT2D eigenvalue weighted by Crippen LogP contribution is -2.22. The van der Waals surface area contributed by atoms with Crippen molar-refractivity contribution in [1.29, 1.82) is 0 Å². The molecule has 104 valence electrons. The van der Waals surface area contributed by atoms with Crippen LogP contribution in [0.1, 0.15) is 29.3 Å². The molecule has 0 saturated heterocycles. The van der Waals surface area contributed by atoms with E-state index in [1.807, 2.05) is 18.2 Å². The quantitative estimate of drug-likeness (QED) is 0.855. The van der Waals surface area contributed by atoms with Gasteiger partial charge in [-0.2, -0.15) is 0 Å². The summed E-state index contributed by atoms with van der Waals surface area (Å²) in [6, 6.07) is 5.66. The minimum absolute atomic E-state index is 0.0279. The number of benzene rings is 1. The molecule has 19 heavy (non-hydrogen) atoms. The van der Waals surface area contributed by atoms with Crippen molar-refractivity contribution in [1.82, 2.24) is 0 Å². The van der Waals surface area contributed by atoms with Crippen LogP contribution in [-0.4, -0.2) is 25.8 Å². The number of hydrogen-bond donors (Lipinski definition) is 1. The molecule has 0 radical (unpaired) electrons. The molecule has 2 rings (SSSR count). The Morgan fingerprint density at radius 1 is 1.32 bits per heavy atom. The molecule has 2 unspecified atom stereocenters. The van der Waals surface area contributed by atoms with Crippen molar-refractivity contribution in [2.75, 3.05) is 11.6 Å². The Kier molecular flexibility index (Phi) is 4.01. The van der Waals surface area contributed by atoms with Gasteiger partial charge in [-0.15, -0.1) is 0 Å². The zero-order chi connectivity index (χ0) is 14.2. The van der Waals surface area contributed by atoms with Crippen LogP contribution in [0.15, 0.2) is 18.2 Å². The number of halogens is 1. The average Bonchev–Trinajstić information content (AvgIpc) is 2.35. The van der Waals surface area contributed by atoms with Gasteiger partial charge in [0.05, 0.1) is 10.1 Å². The second-order valence-electron chi connectivity index (χ2n) is 4.90. The lowest BCUT2D eigenvalue weighted by atomic mass is 9.98. The van der Waals surface area contributed by atoms with Gasteiger partial charge in [-0.25, -0.2) is 8.42 Å². The lowest BCUT2D eigenvalue weighted by Gasteiger charge is -2.21. The van der Waals surface area contributed by atoms with E-state index in [-0.39, 0.29) is 10.7 Å². The van der Waals surface area contributed by atoms with Crippen LogP contribution in [0.25, 0.3) is 0 Å². The monoisotopic (exact) mass is 345 g/mol. The Balaban J connectivity index is 2.30. The van der Waals surface area contributed by atoms with Gasteiger partial charge in [0.15, 0.2) is 9.84 Å². The summed E-state index contributed by atoms with van der Waals surface area (Å²) in [5.41, 5.74) is 2.81. The van der Waals surface area contributed by atoms with Crippen LogP contribution in [0.4, 0.5) is 5.69 Å². The first-order chi connectivity index (χ1) is 8.79. The number of rotatable bonds is 3. The van der Waals surface area contributed by atoms with Gasteiger partial charge in [0, 0.05) is 18.4 Å². The average molecular weight is 346 g/mol. The van der Waals surface area contributed by atoms with Crippen molar-refractivity contribution < 1.29 is 13.2 Å². The molecule has 1 aliphatic heterocycles. The summed E-state index contributed by atoms with van der Waals surface area (Å²) in [6.45, 7) is 1.69. The zero-order valence-corrected chi connectivity index (χ0v) is 13.2. The Bertz CT molecular complexity index is 612. The summed E-state index contributed by atoms with van der Waals surface area (Å²) < 4.78 is 23.2. The molecule has 1 aromatic carbocycles. The van der Waals surface area contributed by atoms with E-state index in [1.54, 1.807) is 6.92 Å². The Labute approximate surface area is 121 Å². The summed E-state index contributed by atoms with van der Waals surface area (Å²) in [5.74, 6) is 0.0279. The topological polar surface area (TPSA) is 63.2 Å². The summed E-state index contributed by atoms with van der Waals surface area (Å²) in [4.78, 5) is 11.0. The van der Waals surface area contributed by atoms with E-state index in [0.717, 1.165) is 16.8 Å². The third-order valence-electron chi connectivity index (χ3n) is 3.43. The third kappa shape index (κ3) is 3.17. The normalized spacial score (nSPS) is 18.4. The van der Waals surface area contributed by atoms with E-state index >= 15 is 0 Å². The maximum Gasteiger partial charge on any atom is 0.224 e. The molecule has 1 amide bonds. The number of carbonyl (C=O) groups excluding carboxylic acids is 1. The number of fused-ring (bicyclic) bond motifs is 1. The molecular weight excluding hydrogens is 330 g/mol.